The van der Waals surface area contributed by atoms with E-state index in [-0.39, 0.29) is 0 Å². The monoisotopic (exact) mass is 250 g/mol. The van der Waals surface area contributed by atoms with Crippen LogP contribution in [-0.2, 0) is 0 Å². The molecule has 4 nitrogen and oxygen atoms in total. The second kappa shape index (κ2) is 4.09. The van der Waals surface area contributed by atoms with E-state index < -0.39 is 0 Å². The summed E-state index contributed by atoms with van der Waals surface area (Å²) in [5.41, 5.74) is 2.06. The highest BCUT2D eigenvalue weighted by Gasteiger charge is 2.25. The third-order valence-corrected chi connectivity index (χ3v) is 3.47. The van der Waals surface area contributed by atoms with Crippen molar-refractivity contribution < 1.29 is 0 Å². The summed E-state index contributed by atoms with van der Waals surface area (Å²) in [6.07, 6.45) is 8.22. The van der Waals surface area contributed by atoms with E-state index in [1.807, 2.05) is 36.8 Å². The van der Waals surface area contributed by atoms with Crippen LogP contribution in [0.15, 0.2) is 48.9 Å². The van der Waals surface area contributed by atoms with Crippen LogP contribution >= 0.6 is 0 Å². The van der Waals surface area contributed by atoms with Gasteiger partial charge in [0, 0.05) is 35.7 Å². The summed E-state index contributed by atoms with van der Waals surface area (Å²) in [7, 11) is 0. The van der Waals surface area contributed by atoms with Gasteiger partial charge >= 0.3 is 0 Å². The Morgan fingerprint density at radius 2 is 2.05 bits per heavy atom. The number of nitrogens with zero attached hydrogens (tertiary/aromatic N) is 3. The van der Waals surface area contributed by atoms with E-state index in [0.29, 0.717) is 6.04 Å². The molecule has 1 N–H and O–H groups in total. The summed E-state index contributed by atoms with van der Waals surface area (Å²) in [6, 6.07) is 10.8. The molecule has 1 aromatic carbocycles. The molecule has 2 heterocycles. The first-order chi connectivity index (χ1) is 9.40. The van der Waals surface area contributed by atoms with Gasteiger partial charge in [0.1, 0.15) is 0 Å². The molecule has 1 aliphatic rings. The number of fused-ring (bicyclic) bond motifs is 1. The number of rotatable bonds is 3. The SMILES string of the molecule is c1cnc2ccc(Nc3nccn3C3CC3)cc2c1. The van der Waals surface area contributed by atoms with Crippen LogP contribution in [0.1, 0.15) is 18.9 Å². The van der Waals surface area contributed by atoms with E-state index in [2.05, 4.69) is 32.0 Å². The maximum Gasteiger partial charge on any atom is 0.207 e. The third kappa shape index (κ3) is 1.95. The molecule has 0 atom stereocenters. The van der Waals surface area contributed by atoms with E-state index in [1.165, 1.54) is 12.8 Å². The minimum Gasteiger partial charge on any atom is -0.326 e. The van der Waals surface area contributed by atoms with Gasteiger partial charge < -0.3 is 9.88 Å². The van der Waals surface area contributed by atoms with Crippen LogP contribution in [0, 0.1) is 0 Å². The van der Waals surface area contributed by atoms with Gasteiger partial charge in [-0.15, -0.1) is 0 Å². The fourth-order valence-corrected chi connectivity index (χ4v) is 2.34. The van der Waals surface area contributed by atoms with E-state index in [9.17, 15) is 0 Å². The van der Waals surface area contributed by atoms with E-state index in [4.69, 9.17) is 0 Å². The zero-order chi connectivity index (χ0) is 12.7. The van der Waals surface area contributed by atoms with Crippen molar-refractivity contribution in [3.8, 4) is 0 Å². The second-order valence-corrected chi connectivity index (χ2v) is 4.93. The van der Waals surface area contributed by atoms with Crippen molar-refractivity contribution in [3.63, 3.8) is 0 Å². The minimum atomic E-state index is 0.632. The zero-order valence-corrected chi connectivity index (χ0v) is 10.5. The highest BCUT2D eigenvalue weighted by atomic mass is 15.2. The maximum absolute atomic E-state index is 4.39. The number of hydrogen-bond donors (Lipinski definition) is 1. The van der Waals surface area contributed by atoms with E-state index in [0.717, 1.165) is 22.5 Å². The molecule has 2 aromatic heterocycles. The topological polar surface area (TPSA) is 42.7 Å². The van der Waals surface area contributed by atoms with Gasteiger partial charge in [-0.25, -0.2) is 4.98 Å². The Morgan fingerprint density at radius 1 is 1.11 bits per heavy atom. The van der Waals surface area contributed by atoms with Crippen LogP contribution in [0.2, 0.25) is 0 Å². The molecule has 1 aliphatic carbocycles. The van der Waals surface area contributed by atoms with Crippen LogP contribution in [0.4, 0.5) is 11.6 Å². The molecular weight excluding hydrogens is 236 g/mol. The van der Waals surface area contributed by atoms with Crippen LogP contribution in [-0.4, -0.2) is 14.5 Å². The van der Waals surface area contributed by atoms with Crippen molar-refractivity contribution in [1.82, 2.24) is 14.5 Å². The average molecular weight is 250 g/mol. The lowest BCUT2D eigenvalue weighted by atomic mass is 10.2. The molecule has 94 valence electrons. The Kier molecular flexibility index (Phi) is 2.27. The largest absolute Gasteiger partial charge is 0.326 e. The lowest BCUT2D eigenvalue weighted by molar-refractivity contribution is 0.751. The summed E-state index contributed by atoms with van der Waals surface area (Å²) in [5, 5.41) is 4.53. The molecular formula is C15H14N4. The Bertz CT molecular complexity index is 728. The second-order valence-electron chi connectivity index (χ2n) is 4.93. The van der Waals surface area contributed by atoms with Crippen LogP contribution in [0.5, 0.6) is 0 Å². The number of nitrogens with one attached hydrogen (secondary N) is 1. The first kappa shape index (κ1) is 10.6. The van der Waals surface area contributed by atoms with Gasteiger partial charge in [-0.2, -0.15) is 0 Å². The molecule has 1 fully saturated rings. The molecule has 3 aromatic rings. The van der Waals surface area contributed by atoms with Gasteiger partial charge in [-0.1, -0.05) is 6.07 Å². The molecule has 0 radical (unpaired) electrons. The molecule has 1 saturated carbocycles. The zero-order valence-electron chi connectivity index (χ0n) is 10.5. The van der Waals surface area contributed by atoms with Crippen LogP contribution in [0.25, 0.3) is 10.9 Å². The molecule has 4 rings (SSSR count). The van der Waals surface area contributed by atoms with Crippen molar-refractivity contribution in [2.45, 2.75) is 18.9 Å². The average Bonchev–Trinajstić information content (AvgIpc) is 3.19. The van der Waals surface area contributed by atoms with E-state index in [1.54, 1.807) is 0 Å². The van der Waals surface area contributed by atoms with Crippen molar-refractivity contribution in [2.24, 2.45) is 0 Å². The van der Waals surface area contributed by atoms with Crippen molar-refractivity contribution in [2.75, 3.05) is 5.32 Å². The Hall–Kier alpha value is -2.36. The first-order valence-corrected chi connectivity index (χ1v) is 6.55. The first-order valence-electron chi connectivity index (χ1n) is 6.55. The Balaban J connectivity index is 1.68. The molecule has 19 heavy (non-hydrogen) atoms. The van der Waals surface area contributed by atoms with Crippen molar-refractivity contribution in [3.05, 3.63) is 48.9 Å². The molecule has 0 saturated heterocycles. The summed E-state index contributed by atoms with van der Waals surface area (Å²) in [6.45, 7) is 0. The number of aromatic nitrogens is 3. The standard InChI is InChI=1S/C15H14N4/c1-2-11-10-12(3-6-14(11)16-7-1)18-15-17-8-9-19(15)13-4-5-13/h1-3,6-10,13H,4-5H2,(H,17,18). The molecule has 0 bridgehead atoms. The number of imidazole rings is 1. The molecule has 0 amide bonds. The van der Waals surface area contributed by atoms with Crippen LogP contribution < -0.4 is 5.32 Å². The Labute approximate surface area is 111 Å². The third-order valence-electron chi connectivity index (χ3n) is 3.47. The summed E-state index contributed by atoms with van der Waals surface area (Å²) in [4.78, 5) is 8.72. The van der Waals surface area contributed by atoms with Crippen LogP contribution in [0.3, 0.4) is 0 Å². The number of hydrogen-bond acceptors (Lipinski definition) is 3. The lowest BCUT2D eigenvalue weighted by Gasteiger charge is -2.09. The summed E-state index contributed by atoms with van der Waals surface area (Å²) >= 11 is 0. The number of anilines is 2. The molecule has 4 heteroatoms. The maximum atomic E-state index is 4.39. The Morgan fingerprint density at radius 3 is 2.95 bits per heavy atom. The van der Waals surface area contributed by atoms with Crippen molar-refractivity contribution >= 4 is 22.5 Å². The highest BCUT2D eigenvalue weighted by Crippen LogP contribution is 2.37. The van der Waals surface area contributed by atoms with Gasteiger partial charge in [0.05, 0.1) is 5.52 Å². The summed E-state index contributed by atoms with van der Waals surface area (Å²) in [5.74, 6) is 0.922. The van der Waals surface area contributed by atoms with Gasteiger partial charge in [0.2, 0.25) is 5.95 Å². The summed E-state index contributed by atoms with van der Waals surface area (Å²) < 4.78 is 2.22. The lowest BCUT2D eigenvalue weighted by Crippen LogP contribution is -2.01. The smallest absolute Gasteiger partial charge is 0.207 e. The van der Waals surface area contributed by atoms with Gasteiger partial charge in [0.25, 0.3) is 0 Å². The predicted molar refractivity (Wildman–Crippen MR) is 75.5 cm³/mol. The fourth-order valence-electron chi connectivity index (χ4n) is 2.34. The quantitative estimate of drug-likeness (QED) is 0.773. The number of benzene rings is 1. The normalized spacial score (nSPS) is 14.7. The van der Waals surface area contributed by atoms with Crippen molar-refractivity contribution in [1.29, 1.82) is 0 Å². The van der Waals surface area contributed by atoms with Gasteiger partial charge in [0.15, 0.2) is 0 Å². The van der Waals surface area contributed by atoms with Gasteiger partial charge in [-0.3, -0.25) is 4.98 Å². The predicted octanol–water partition coefficient (Wildman–Crippen LogP) is 3.51. The molecule has 0 aliphatic heterocycles. The number of pyridine rings is 1. The minimum absolute atomic E-state index is 0.632. The molecule has 0 spiro atoms. The van der Waals surface area contributed by atoms with Gasteiger partial charge in [-0.05, 0) is 37.1 Å². The molecule has 0 unspecified atom stereocenters. The van der Waals surface area contributed by atoms with E-state index >= 15 is 0 Å². The highest BCUT2D eigenvalue weighted by molar-refractivity contribution is 5.82. The fraction of sp³-hybridized carbons (Fsp3) is 0.200.